The number of pyridine rings is 1. The van der Waals surface area contributed by atoms with Gasteiger partial charge in [-0.25, -0.2) is 9.67 Å². The summed E-state index contributed by atoms with van der Waals surface area (Å²) in [6.07, 6.45) is 11.4. The van der Waals surface area contributed by atoms with E-state index in [-0.39, 0.29) is 0 Å². The number of rotatable bonds is 5. The molecule has 0 spiro atoms. The number of anilines is 1. The van der Waals surface area contributed by atoms with Crippen LogP contribution in [-0.4, -0.2) is 60.6 Å². The molecule has 0 amide bonds. The zero-order valence-electron chi connectivity index (χ0n) is 18.2. The van der Waals surface area contributed by atoms with Crippen molar-refractivity contribution >= 4 is 17.0 Å². The van der Waals surface area contributed by atoms with Crippen LogP contribution in [0.15, 0.2) is 36.9 Å². The first-order valence-electron chi connectivity index (χ1n) is 11.4. The van der Waals surface area contributed by atoms with Crippen molar-refractivity contribution in [1.29, 1.82) is 0 Å². The number of ether oxygens (including phenoxy) is 1. The molecular weight excluding hydrogens is 404 g/mol. The Morgan fingerprint density at radius 1 is 1.06 bits per heavy atom. The fourth-order valence-corrected chi connectivity index (χ4v) is 4.49. The van der Waals surface area contributed by atoms with Crippen LogP contribution >= 0.6 is 0 Å². The van der Waals surface area contributed by atoms with Crippen molar-refractivity contribution in [1.82, 2.24) is 34.3 Å². The second-order valence-electron chi connectivity index (χ2n) is 8.38. The van der Waals surface area contributed by atoms with E-state index in [4.69, 9.17) is 19.7 Å². The van der Waals surface area contributed by atoms with Gasteiger partial charge in [-0.3, -0.25) is 4.98 Å². The Labute approximate surface area is 186 Å². The normalized spacial score (nSPS) is 17.1. The van der Waals surface area contributed by atoms with E-state index in [1.165, 1.54) is 24.8 Å². The summed E-state index contributed by atoms with van der Waals surface area (Å²) in [6, 6.07) is 3.96. The molecule has 1 saturated carbocycles. The summed E-state index contributed by atoms with van der Waals surface area (Å²) in [7, 11) is 0. The van der Waals surface area contributed by atoms with Gasteiger partial charge in [-0.2, -0.15) is 15.1 Å². The number of hydrogen-bond acceptors (Lipinski definition) is 7. The van der Waals surface area contributed by atoms with Gasteiger partial charge in [0.2, 0.25) is 0 Å². The number of aryl methyl sites for hydroxylation is 1. The van der Waals surface area contributed by atoms with Gasteiger partial charge in [0.1, 0.15) is 5.82 Å². The fraction of sp³-hybridized carbons (Fsp3) is 0.435. The van der Waals surface area contributed by atoms with Crippen molar-refractivity contribution < 1.29 is 4.74 Å². The van der Waals surface area contributed by atoms with Crippen LogP contribution in [-0.2, 0) is 11.3 Å². The van der Waals surface area contributed by atoms with Crippen LogP contribution in [0.5, 0.6) is 0 Å². The Morgan fingerprint density at radius 3 is 2.59 bits per heavy atom. The predicted octanol–water partition coefficient (Wildman–Crippen LogP) is 3.20. The molecule has 0 bridgehead atoms. The number of aromatic nitrogens is 7. The molecule has 1 aliphatic heterocycles. The number of imidazole rings is 1. The third-order valence-corrected chi connectivity index (χ3v) is 6.51. The predicted molar refractivity (Wildman–Crippen MR) is 121 cm³/mol. The Bertz CT molecular complexity index is 1240. The van der Waals surface area contributed by atoms with Crippen molar-refractivity contribution in [3.05, 3.63) is 42.5 Å². The average Bonchev–Trinajstić information content (AvgIpc) is 3.43. The minimum Gasteiger partial charge on any atom is -0.378 e. The van der Waals surface area contributed by atoms with Crippen LogP contribution in [0.1, 0.15) is 37.7 Å². The molecule has 6 rings (SSSR count). The Balaban J connectivity index is 1.53. The molecule has 0 N–H and O–H groups in total. The highest BCUT2D eigenvalue weighted by atomic mass is 16.5. The van der Waals surface area contributed by atoms with Gasteiger partial charge in [-0.05, 0) is 43.4 Å². The first-order chi connectivity index (χ1) is 15.8. The van der Waals surface area contributed by atoms with Crippen LogP contribution < -0.4 is 4.90 Å². The summed E-state index contributed by atoms with van der Waals surface area (Å²) in [4.78, 5) is 21.3. The second-order valence-corrected chi connectivity index (χ2v) is 8.38. The SMILES string of the molecule is CCn1c(-c2ccncc2)nc2c(N3CCOCC3)nc(-n3cc(C4CCC4)cn3)nc21. The summed E-state index contributed by atoms with van der Waals surface area (Å²) >= 11 is 0. The second kappa shape index (κ2) is 7.98. The molecule has 32 heavy (non-hydrogen) atoms. The highest BCUT2D eigenvalue weighted by molar-refractivity contribution is 5.87. The van der Waals surface area contributed by atoms with Gasteiger partial charge in [0.25, 0.3) is 5.95 Å². The van der Waals surface area contributed by atoms with Gasteiger partial charge in [-0.1, -0.05) is 6.42 Å². The maximum absolute atomic E-state index is 5.58. The lowest BCUT2D eigenvalue weighted by molar-refractivity contribution is 0.122. The standard InChI is InChI=1S/C23H26N8O/c1-2-30-20(17-6-8-24-9-7-17)26-19-21(29-10-12-32-13-11-29)27-23(28-22(19)30)31-15-18(14-25-31)16-4-3-5-16/h6-9,14-16H,2-5,10-13H2,1H3. The molecule has 0 unspecified atom stereocenters. The Hall–Kier alpha value is -3.33. The third kappa shape index (κ3) is 3.24. The first kappa shape index (κ1) is 19.4. The summed E-state index contributed by atoms with van der Waals surface area (Å²) in [6.45, 7) is 5.79. The minimum absolute atomic E-state index is 0.584. The van der Waals surface area contributed by atoms with Gasteiger partial charge in [0.05, 0.1) is 19.4 Å². The molecule has 0 aromatic carbocycles. The molecule has 0 atom stereocenters. The monoisotopic (exact) mass is 430 g/mol. The average molecular weight is 431 g/mol. The molecule has 1 aliphatic carbocycles. The van der Waals surface area contributed by atoms with E-state index in [0.717, 1.165) is 48.0 Å². The fourth-order valence-electron chi connectivity index (χ4n) is 4.49. The summed E-state index contributed by atoms with van der Waals surface area (Å²) < 4.78 is 9.55. The molecule has 9 heteroatoms. The maximum Gasteiger partial charge on any atom is 0.254 e. The number of morpholine rings is 1. The highest BCUT2D eigenvalue weighted by Crippen LogP contribution is 2.36. The number of nitrogens with zero attached hydrogens (tertiary/aromatic N) is 8. The van der Waals surface area contributed by atoms with Crippen LogP contribution in [0.2, 0.25) is 0 Å². The summed E-state index contributed by atoms with van der Waals surface area (Å²) in [5, 5.41) is 4.61. The van der Waals surface area contributed by atoms with Crippen LogP contribution in [0.3, 0.4) is 0 Å². The van der Waals surface area contributed by atoms with Crippen LogP contribution in [0.25, 0.3) is 28.5 Å². The van der Waals surface area contributed by atoms with E-state index < -0.39 is 0 Å². The minimum atomic E-state index is 0.584. The maximum atomic E-state index is 5.58. The molecular formula is C23H26N8O. The number of fused-ring (bicyclic) bond motifs is 1. The van der Waals surface area contributed by atoms with Crippen LogP contribution in [0, 0.1) is 0 Å². The van der Waals surface area contributed by atoms with Gasteiger partial charge >= 0.3 is 0 Å². The van der Waals surface area contributed by atoms with Crippen molar-refractivity contribution in [3.63, 3.8) is 0 Å². The van der Waals surface area contributed by atoms with Crippen molar-refractivity contribution in [2.24, 2.45) is 0 Å². The lowest BCUT2D eigenvalue weighted by Gasteiger charge is -2.28. The highest BCUT2D eigenvalue weighted by Gasteiger charge is 2.25. The van der Waals surface area contributed by atoms with E-state index >= 15 is 0 Å². The quantitative estimate of drug-likeness (QED) is 0.480. The van der Waals surface area contributed by atoms with Gasteiger partial charge < -0.3 is 14.2 Å². The van der Waals surface area contributed by atoms with Crippen molar-refractivity contribution in [2.45, 2.75) is 38.6 Å². The van der Waals surface area contributed by atoms with Crippen molar-refractivity contribution in [3.8, 4) is 17.3 Å². The van der Waals surface area contributed by atoms with Gasteiger partial charge in [0.15, 0.2) is 17.0 Å². The van der Waals surface area contributed by atoms with E-state index in [2.05, 4.69) is 32.7 Å². The summed E-state index contributed by atoms with van der Waals surface area (Å²) in [5.41, 5.74) is 3.93. The molecule has 4 aromatic rings. The molecule has 164 valence electrons. The van der Waals surface area contributed by atoms with E-state index in [9.17, 15) is 0 Å². The molecule has 5 heterocycles. The smallest absolute Gasteiger partial charge is 0.254 e. The van der Waals surface area contributed by atoms with E-state index in [1.807, 2.05) is 23.0 Å². The topological polar surface area (TPSA) is 86.8 Å². The molecule has 2 fully saturated rings. The molecule has 0 radical (unpaired) electrons. The zero-order valence-corrected chi connectivity index (χ0v) is 18.2. The Kier molecular flexibility index (Phi) is 4.83. The molecule has 2 aliphatic rings. The Morgan fingerprint density at radius 2 is 1.88 bits per heavy atom. The lowest BCUT2D eigenvalue weighted by Crippen LogP contribution is -2.37. The van der Waals surface area contributed by atoms with E-state index in [0.29, 0.717) is 25.1 Å². The third-order valence-electron chi connectivity index (χ3n) is 6.51. The number of hydrogen-bond donors (Lipinski definition) is 0. The van der Waals surface area contributed by atoms with Gasteiger partial charge in [-0.15, -0.1) is 0 Å². The zero-order chi connectivity index (χ0) is 21.5. The van der Waals surface area contributed by atoms with Crippen molar-refractivity contribution in [2.75, 3.05) is 31.2 Å². The molecule has 9 nitrogen and oxygen atoms in total. The van der Waals surface area contributed by atoms with Crippen LogP contribution in [0.4, 0.5) is 5.82 Å². The van der Waals surface area contributed by atoms with E-state index in [1.54, 1.807) is 12.4 Å². The summed E-state index contributed by atoms with van der Waals surface area (Å²) in [5.74, 6) is 2.92. The molecule has 4 aromatic heterocycles. The van der Waals surface area contributed by atoms with Gasteiger partial charge in [0, 0.05) is 43.8 Å². The first-order valence-corrected chi connectivity index (χ1v) is 11.4. The molecule has 1 saturated heterocycles. The lowest BCUT2D eigenvalue weighted by atomic mass is 9.81. The largest absolute Gasteiger partial charge is 0.378 e.